The minimum atomic E-state index is -0.0938. The molecule has 0 radical (unpaired) electrons. The van der Waals surface area contributed by atoms with Crippen molar-refractivity contribution >= 4 is 23.5 Å². The number of allylic oxidation sites excluding steroid dienone is 4. The van der Waals surface area contributed by atoms with E-state index in [0.29, 0.717) is 18.7 Å². The van der Waals surface area contributed by atoms with E-state index in [1.165, 1.54) is 5.56 Å². The van der Waals surface area contributed by atoms with Crippen LogP contribution < -0.4 is 10.6 Å². The van der Waals surface area contributed by atoms with Gasteiger partial charge in [-0.1, -0.05) is 81.4 Å². The molecule has 0 aliphatic carbocycles. The van der Waals surface area contributed by atoms with Gasteiger partial charge in [-0.3, -0.25) is 4.79 Å². The van der Waals surface area contributed by atoms with Crippen LogP contribution in [-0.4, -0.2) is 16.1 Å². The number of carbonyl (C=O) groups is 1. The standard InChI is InChI=1S/C30H38N4OS/c1-7-12-22(3)19-23(4)31-25(6)36-24(5)13-9-10-16-28-17-18-29(34-33-28)32-30(35)21-27-15-11-14-26(8-2)20-27/h7,11-12,14-15,17-18,20,31H,3-6,8-10,13,16,19,21H2,1-2H3,(H,32,34,35)/b12-7-. The van der Waals surface area contributed by atoms with Gasteiger partial charge in [0.2, 0.25) is 5.91 Å². The molecule has 36 heavy (non-hydrogen) atoms. The maximum Gasteiger partial charge on any atom is 0.229 e. The highest BCUT2D eigenvalue weighted by Crippen LogP contribution is 2.26. The Kier molecular flexibility index (Phi) is 12.5. The minimum absolute atomic E-state index is 0.0938. The van der Waals surface area contributed by atoms with E-state index in [0.717, 1.165) is 64.6 Å². The first kappa shape index (κ1) is 28.9. The zero-order valence-corrected chi connectivity index (χ0v) is 22.4. The van der Waals surface area contributed by atoms with E-state index in [1.54, 1.807) is 11.8 Å². The molecule has 6 heteroatoms. The molecule has 1 heterocycles. The summed E-state index contributed by atoms with van der Waals surface area (Å²) in [6, 6.07) is 11.8. The van der Waals surface area contributed by atoms with Gasteiger partial charge in [-0.15, -0.1) is 5.10 Å². The highest BCUT2D eigenvalue weighted by molar-refractivity contribution is 8.06. The number of benzene rings is 1. The van der Waals surface area contributed by atoms with Gasteiger partial charge < -0.3 is 10.6 Å². The molecule has 0 bridgehead atoms. The number of nitrogens with zero attached hydrogens (tertiary/aromatic N) is 2. The van der Waals surface area contributed by atoms with E-state index in [9.17, 15) is 4.79 Å². The normalized spacial score (nSPS) is 10.7. The minimum Gasteiger partial charge on any atom is -0.354 e. The molecule has 0 unspecified atom stereocenters. The summed E-state index contributed by atoms with van der Waals surface area (Å²) in [5, 5.41) is 15.3. The largest absolute Gasteiger partial charge is 0.354 e. The van der Waals surface area contributed by atoms with Crippen LogP contribution in [0.15, 0.2) is 96.1 Å². The molecule has 190 valence electrons. The number of aryl methyl sites for hydroxylation is 2. The fourth-order valence-electron chi connectivity index (χ4n) is 3.58. The van der Waals surface area contributed by atoms with Crippen LogP contribution in [-0.2, 0) is 24.1 Å². The lowest BCUT2D eigenvalue weighted by atomic mass is 10.1. The fourth-order valence-corrected chi connectivity index (χ4v) is 4.37. The molecule has 5 nitrogen and oxygen atoms in total. The molecule has 2 aromatic rings. The third-order valence-corrected chi connectivity index (χ3v) is 6.16. The van der Waals surface area contributed by atoms with Gasteiger partial charge in [0.1, 0.15) is 0 Å². The molecular formula is C30H38N4OS. The van der Waals surface area contributed by atoms with Crippen LogP contribution in [0, 0.1) is 0 Å². The molecule has 1 amide bonds. The summed E-state index contributed by atoms with van der Waals surface area (Å²) in [6.45, 7) is 20.3. The summed E-state index contributed by atoms with van der Waals surface area (Å²) >= 11 is 1.55. The number of hydrogen-bond donors (Lipinski definition) is 2. The zero-order chi connectivity index (χ0) is 26.3. The maximum atomic E-state index is 12.3. The van der Waals surface area contributed by atoms with Gasteiger partial charge in [0, 0.05) is 12.1 Å². The lowest BCUT2D eigenvalue weighted by Gasteiger charge is -2.13. The SMILES string of the molecule is C=C(/C=C\C)CC(=C)NC(=C)SC(=C)CCCCc1ccc(NC(=O)Cc2cccc(CC)c2)nn1. The second-order valence-corrected chi connectivity index (χ2v) is 9.92. The maximum absolute atomic E-state index is 12.3. The molecule has 2 N–H and O–H groups in total. The Morgan fingerprint density at radius 2 is 1.83 bits per heavy atom. The molecular weight excluding hydrogens is 464 g/mol. The summed E-state index contributed by atoms with van der Waals surface area (Å²) in [7, 11) is 0. The number of carbonyl (C=O) groups excluding carboxylic acids is 1. The Morgan fingerprint density at radius 1 is 1.06 bits per heavy atom. The predicted octanol–water partition coefficient (Wildman–Crippen LogP) is 7.28. The van der Waals surface area contributed by atoms with Gasteiger partial charge in [0.15, 0.2) is 5.82 Å². The Hall–Kier alpha value is -3.38. The number of aromatic nitrogens is 2. The Bertz CT molecular complexity index is 1100. The smallest absolute Gasteiger partial charge is 0.229 e. The highest BCUT2D eigenvalue weighted by Gasteiger charge is 2.07. The van der Waals surface area contributed by atoms with Crippen LogP contribution in [0.2, 0.25) is 0 Å². The third-order valence-electron chi connectivity index (χ3n) is 5.32. The molecule has 0 fully saturated rings. The van der Waals surface area contributed by atoms with Crippen molar-refractivity contribution in [2.24, 2.45) is 0 Å². The average Bonchev–Trinajstić information content (AvgIpc) is 2.82. The monoisotopic (exact) mass is 502 g/mol. The molecule has 0 atom stereocenters. The third kappa shape index (κ3) is 11.4. The first-order valence-electron chi connectivity index (χ1n) is 12.3. The quantitative estimate of drug-likeness (QED) is 0.186. The number of hydrogen-bond acceptors (Lipinski definition) is 5. The van der Waals surface area contributed by atoms with Crippen molar-refractivity contribution in [3.63, 3.8) is 0 Å². The van der Waals surface area contributed by atoms with Gasteiger partial charge in [0.05, 0.1) is 17.1 Å². The van der Waals surface area contributed by atoms with Crippen molar-refractivity contribution in [2.75, 3.05) is 5.32 Å². The lowest BCUT2D eigenvalue weighted by molar-refractivity contribution is -0.115. The van der Waals surface area contributed by atoms with Crippen molar-refractivity contribution in [1.82, 2.24) is 15.5 Å². The predicted molar refractivity (Wildman–Crippen MR) is 154 cm³/mol. The molecule has 1 aromatic carbocycles. The van der Waals surface area contributed by atoms with E-state index >= 15 is 0 Å². The number of rotatable bonds is 16. The lowest BCUT2D eigenvalue weighted by Crippen LogP contribution is -2.16. The topological polar surface area (TPSA) is 66.9 Å². The molecule has 0 saturated heterocycles. The van der Waals surface area contributed by atoms with E-state index in [-0.39, 0.29) is 5.91 Å². The molecule has 0 aliphatic rings. The van der Waals surface area contributed by atoms with Gasteiger partial charge in [-0.2, -0.15) is 5.10 Å². The van der Waals surface area contributed by atoms with Crippen LogP contribution >= 0.6 is 11.8 Å². The van der Waals surface area contributed by atoms with Gasteiger partial charge in [0.25, 0.3) is 0 Å². The summed E-state index contributed by atoms with van der Waals surface area (Å²) in [4.78, 5) is 13.4. The van der Waals surface area contributed by atoms with Crippen molar-refractivity contribution in [3.8, 4) is 0 Å². The van der Waals surface area contributed by atoms with Crippen LogP contribution in [0.5, 0.6) is 0 Å². The Balaban J connectivity index is 1.66. The molecule has 2 rings (SSSR count). The number of amides is 1. The second-order valence-electron chi connectivity index (χ2n) is 8.64. The van der Waals surface area contributed by atoms with Crippen LogP contribution in [0.4, 0.5) is 5.82 Å². The Morgan fingerprint density at radius 3 is 2.53 bits per heavy atom. The summed E-state index contributed by atoms with van der Waals surface area (Å²) in [5.74, 6) is 0.380. The molecule has 0 saturated carbocycles. The zero-order valence-electron chi connectivity index (χ0n) is 21.6. The molecule has 0 aliphatic heterocycles. The summed E-state index contributed by atoms with van der Waals surface area (Å²) in [5.41, 5.74) is 5.00. The van der Waals surface area contributed by atoms with Crippen molar-refractivity contribution in [3.05, 3.63) is 113 Å². The molecule has 1 aromatic heterocycles. The summed E-state index contributed by atoms with van der Waals surface area (Å²) < 4.78 is 0. The van der Waals surface area contributed by atoms with Gasteiger partial charge >= 0.3 is 0 Å². The molecule has 0 spiro atoms. The Labute approximate surface area is 220 Å². The number of anilines is 1. The van der Waals surface area contributed by atoms with Crippen molar-refractivity contribution in [1.29, 1.82) is 0 Å². The number of thioether (sulfide) groups is 1. The first-order chi connectivity index (χ1) is 17.3. The average molecular weight is 503 g/mol. The van der Waals surface area contributed by atoms with Crippen molar-refractivity contribution < 1.29 is 4.79 Å². The number of unbranched alkanes of at least 4 members (excludes halogenated alkanes) is 1. The van der Waals surface area contributed by atoms with E-state index < -0.39 is 0 Å². The van der Waals surface area contributed by atoms with Crippen LogP contribution in [0.1, 0.15) is 56.4 Å². The van der Waals surface area contributed by atoms with E-state index in [4.69, 9.17) is 0 Å². The van der Waals surface area contributed by atoms with Gasteiger partial charge in [-0.25, -0.2) is 0 Å². The van der Waals surface area contributed by atoms with Gasteiger partial charge in [-0.05, 0) is 72.8 Å². The second kappa shape index (κ2) is 15.6. The first-order valence-corrected chi connectivity index (χ1v) is 13.1. The van der Waals surface area contributed by atoms with E-state index in [1.807, 2.05) is 43.3 Å². The van der Waals surface area contributed by atoms with E-state index in [2.05, 4.69) is 66.2 Å². The van der Waals surface area contributed by atoms with Crippen molar-refractivity contribution in [2.45, 2.75) is 58.8 Å². The van der Waals surface area contributed by atoms with Crippen LogP contribution in [0.3, 0.4) is 0 Å². The highest BCUT2D eigenvalue weighted by atomic mass is 32.2. The fraction of sp³-hybridized carbons (Fsp3) is 0.300. The number of nitrogens with one attached hydrogen (secondary N) is 2. The summed E-state index contributed by atoms with van der Waals surface area (Å²) in [6.07, 6.45) is 9.59. The van der Waals surface area contributed by atoms with Crippen LogP contribution in [0.25, 0.3) is 0 Å².